The van der Waals surface area contributed by atoms with Crippen LogP contribution in [0.1, 0.15) is 42.7 Å². The van der Waals surface area contributed by atoms with Gasteiger partial charge in [0.1, 0.15) is 11.4 Å². The third-order valence-electron chi connectivity index (χ3n) is 5.44. The fraction of sp³-hybridized carbons (Fsp3) is 0.500. The third-order valence-corrected chi connectivity index (χ3v) is 5.44. The van der Waals surface area contributed by atoms with Gasteiger partial charge in [0.2, 0.25) is 5.71 Å². The topological polar surface area (TPSA) is 78.6 Å². The summed E-state index contributed by atoms with van der Waals surface area (Å²) in [4.78, 5) is 30.4. The van der Waals surface area contributed by atoms with Gasteiger partial charge in [-0.3, -0.25) is 9.59 Å². The van der Waals surface area contributed by atoms with Crippen molar-refractivity contribution >= 4 is 22.7 Å². The Balaban J connectivity index is 2.14. The zero-order valence-corrected chi connectivity index (χ0v) is 14.1. The highest BCUT2D eigenvalue weighted by Gasteiger charge is 2.64. The number of hydrogen-bond acceptors (Lipinski definition) is 6. The van der Waals surface area contributed by atoms with Crippen LogP contribution in [0, 0.1) is 11.3 Å². The van der Waals surface area contributed by atoms with E-state index in [0.717, 1.165) is 0 Å². The number of fused-ring (bicyclic) bond motifs is 4. The van der Waals surface area contributed by atoms with Gasteiger partial charge < -0.3 is 13.9 Å². The maximum Gasteiger partial charge on any atom is 0.230 e. The van der Waals surface area contributed by atoms with E-state index in [1.807, 2.05) is 13.8 Å². The molecule has 2 aliphatic rings. The van der Waals surface area contributed by atoms with Gasteiger partial charge in [0.25, 0.3) is 0 Å². The lowest BCUT2D eigenvalue weighted by Crippen LogP contribution is -2.46. The zero-order chi connectivity index (χ0) is 17.3. The first kappa shape index (κ1) is 15.3. The number of nitrogens with zero attached hydrogens (tertiary/aromatic N) is 1. The summed E-state index contributed by atoms with van der Waals surface area (Å²) >= 11 is 0. The average Bonchev–Trinajstić information content (AvgIpc) is 3.08. The quantitative estimate of drug-likeness (QED) is 0.843. The summed E-state index contributed by atoms with van der Waals surface area (Å²) in [5.41, 5.74) is -0.764. The molecule has 0 amide bonds. The second-order valence-electron chi connectivity index (χ2n) is 7.19. The number of ketones is 2. The molecule has 0 radical (unpaired) electrons. The van der Waals surface area contributed by atoms with Crippen LogP contribution < -0.4 is 4.74 Å². The molecule has 0 aromatic carbocycles. The van der Waals surface area contributed by atoms with Gasteiger partial charge in [0.05, 0.1) is 24.3 Å². The van der Waals surface area contributed by atoms with Crippen molar-refractivity contribution in [1.82, 2.24) is 4.98 Å². The molecular formula is C18H19NO5. The Morgan fingerprint density at radius 2 is 2.04 bits per heavy atom. The van der Waals surface area contributed by atoms with E-state index in [1.54, 1.807) is 6.07 Å². The van der Waals surface area contributed by atoms with Crippen LogP contribution in [0.2, 0.25) is 0 Å². The number of carbonyl (C=O) groups is 2. The largest absolute Gasteiger partial charge is 0.495 e. The van der Waals surface area contributed by atoms with Crippen LogP contribution in [-0.2, 0) is 15.1 Å². The lowest BCUT2D eigenvalue weighted by atomic mass is 9.73. The normalized spacial score (nSPS) is 28.1. The van der Waals surface area contributed by atoms with E-state index in [2.05, 4.69) is 4.98 Å². The maximum absolute atomic E-state index is 13.3. The minimum atomic E-state index is -1.20. The van der Waals surface area contributed by atoms with Crippen LogP contribution in [0.5, 0.6) is 5.75 Å². The first-order valence-corrected chi connectivity index (χ1v) is 7.95. The summed E-state index contributed by atoms with van der Waals surface area (Å²) in [6.45, 7) is 3.80. The summed E-state index contributed by atoms with van der Waals surface area (Å²) in [7, 11) is 3.04. The molecule has 24 heavy (non-hydrogen) atoms. The summed E-state index contributed by atoms with van der Waals surface area (Å²) < 4.78 is 16.8. The molecule has 0 unspecified atom stereocenters. The van der Waals surface area contributed by atoms with Crippen molar-refractivity contribution in [1.29, 1.82) is 0 Å². The molecule has 2 atom stereocenters. The van der Waals surface area contributed by atoms with Gasteiger partial charge in [-0.15, -0.1) is 0 Å². The summed E-state index contributed by atoms with van der Waals surface area (Å²) in [5, 5.41) is 0.638. The molecule has 0 saturated heterocycles. The van der Waals surface area contributed by atoms with Crippen LogP contribution in [0.25, 0.3) is 11.1 Å². The van der Waals surface area contributed by atoms with Crippen LogP contribution in [0.4, 0.5) is 0 Å². The van der Waals surface area contributed by atoms with Crippen molar-refractivity contribution in [3.05, 3.63) is 23.6 Å². The SMILES string of the molecule is COc1c2c(nc3occc13)C(=O)C[C@H]1CC(C)(C)C(=O)[C@@]21OC. The lowest BCUT2D eigenvalue weighted by Gasteiger charge is -2.38. The van der Waals surface area contributed by atoms with E-state index < -0.39 is 11.0 Å². The predicted molar refractivity (Wildman–Crippen MR) is 85.1 cm³/mol. The summed E-state index contributed by atoms with van der Waals surface area (Å²) in [6.07, 6.45) is 2.32. The minimum Gasteiger partial charge on any atom is -0.495 e. The number of hydrogen-bond donors (Lipinski definition) is 0. The van der Waals surface area contributed by atoms with E-state index in [9.17, 15) is 9.59 Å². The van der Waals surface area contributed by atoms with Crippen LogP contribution in [0.3, 0.4) is 0 Å². The van der Waals surface area contributed by atoms with Gasteiger partial charge in [0, 0.05) is 24.9 Å². The van der Waals surface area contributed by atoms with Crippen LogP contribution in [0.15, 0.2) is 16.7 Å². The van der Waals surface area contributed by atoms with Crippen LogP contribution in [-0.4, -0.2) is 30.8 Å². The molecule has 2 aliphatic carbocycles. The van der Waals surface area contributed by atoms with Crippen molar-refractivity contribution in [3.63, 3.8) is 0 Å². The van der Waals surface area contributed by atoms with E-state index >= 15 is 0 Å². The fourth-order valence-corrected chi connectivity index (χ4v) is 4.47. The van der Waals surface area contributed by atoms with Crippen molar-refractivity contribution in [2.24, 2.45) is 11.3 Å². The number of methoxy groups -OCH3 is 2. The smallest absolute Gasteiger partial charge is 0.230 e. The van der Waals surface area contributed by atoms with Crippen molar-refractivity contribution in [2.45, 2.75) is 32.3 Å². The standard InChI is InChI=1S/C18H19NO5/c1-17(2)8-9-7-11(20)13-12(18(9,23-4)16(17)21)14(22-3)10-5-6-24-15(10)19-13/h5-6,9H,7-8H2,1-4H3/t9-,18-/m0/s1. The highest BCUT2D eigenvalue weighted by Crippen LogP contribution is 2.58. The van der Waals surface area contributed by atoms with Crippen molar-refractivity contribution < 1.29 is 23.5 Å². The Bertz CT molecular complexity index is 881. The second kappa shape index (κ2) is 4.66. The highest BCUT2D eigenvalue weighted by atomic mass is 16.5. The Morgan fingerprint density at radius 1 is 1.29 bits per heavy atom. The molecular weight excluding hydrogens is 310 g/mol. The molecule has 4 rings (SSSR count). The fourth-order valence-electron chi connectivity index (χ4n) is 4.47. The first-order valence-electron chi connectivity index (χ1n) is 7.95. The van der Waals surface area contributed by atoms with Gasteiger partial charge in [-0.25, -0.2) is 4.98 Å². The predicted octanol–water partition coefficient (Wildman–Crippen LogP) is 2.88. The Labute approximate surface area is 139 Å². The molecule has 6 nitrogen and oxygen atoms in total. The van der Waals surface area contributed by atoms with E-state index in [1.165, 1.54) is 20.5 Å². The molecule has 6 heteroatoms. The number of ether oxygens (including phenoxy) is 2. The van der Waals surface area contributed by atoms with Crippen molar-refractivity contribution in [2.75, 3.05) is 14.2 Å². The molecule has 2 aromatic heterocycles. The van der Waals surface area contributed by atoms with Gasteiger partial charge >= 0.3 is 0 Å². The number of furan rings is 1. The number of carbonyl (C=O) groups excluding carboxylic acids is 2. The van der Waals surface area contributed by atoms with Gasteiger partial charge in [-0.1, -0.05) is 13.8 Å². The Morgan fingerprint density at radius 3 is 2.71 bits per heavy atom. The molecule has 1 saturated carbocycles. The minimum absolute atomic E-state index is 0.0285. The van der Waals surface area contributed by atoms with Gasteiger partial charge in [-0.2, -0.15) is 0 Å². The third kappa shape index (κ3) is 1.61. The molecule has 0 N–H and O–H groups in total. The molecule has 2 heterocycles. The number of Topliss-reactive ketones (excluding diaryl/α,β-unsaturated/α-hetero) is 2. The first-order chi connectivity index (χ1) is 11.4. The number of aromatic nitrogens is 1. The molecule has 1 fully saturated rings. The van der Waals surface area contributed by atoms with Crippen LogP contribution >= 0.6 is 0 Å². The lowest BCUT2D eigenvalue weighted by molar-refractivity contribution is -0.148. The summed E-state index contributed by atoms with van der Waals surface area (Å²) in [6, 6.07) is 1.73. The van der Waals surface area contributed by atoms with E-state index in [-0.39, 0.29) is 29.6 Å². The molecule has 0 aliphatic heterocycles. The second-order valence-corrected chi connectivity index (χ2v) is 7.19. The Hall–Kier alpha value is -2.21. The number of pyridine rings is 1. The highest BCUT2D eigenvalue weighted by molar-refractivity contribution is 6.08. The van der Waals surface area contributed by atoms with E-state index in [0.29, 0.717) is 28.8 Å². The average molecular weight is 329 g/mol. The van der Waals surface area contributed by atoms with Crippen molar-refractivity contribution in [3.8, 4) is 5.75 Å². The molecule has 0 bridgehead atoms. The molecule has 0 spiro atoms. The zero-order valence-electron chi connectivity index (χ0n) is 14.1. The van der Waals surface area contributed by atoms with Gasteiger partial charge in [-0.05, 0) is 12.5 Å². The Kier molecular flexibility index (Phi) is 2.98. The summed E-state index contributed by atoms with van der Waals surface area (Å²) in [5.74, 6) is 0.0868. The molecule has 126 valence electrons. The monoisotopic (exact) mass is 329 g/mol. The maximum atomic E-state index is 13.3. The van der Waals surface area contributed by atoms with E-state index in [4.69, 9.17) is 13.9 Å². The van der Waals surface area contributed by atoms with Gasteiger partial charge in [0.15, 0.2) is 17.2 Å². The molecule has 2 aromatic rings. The number of rotatable bonds is 2.